The fourth-order valence-corrected chi connectivity index (χ4v) is 1.69. The molecule has 92 valence electrons. The topological polar surface area (TPSA) is 67.4 Å². The molecule has 1 unspecified atom stereocenters. The molecule has 0 aromatic carbocycles. The van der Waals surface area contributed by atoms with Gasteiger partial charge in [-0.05, 0) is 19.4 Å². The van der Waals surface area contributed by atoms with Gasteiger partial charge in [-0.3, -0.25) is 0 Å². The third-order valence-corrected chi connectivity index (χ3v) is 2.74. The van der Waals surface area contributed by atoms with Crippen molar-refractivity contribution in [2.75, 3.05) is 33.1 Å². The number of hydrogen-bond donors (Lipinski definition) is 2. The van der Waals surface area contributed by atoms with Gasteiger partial charge in [0.1, 0.15) is 0 Å². The van der Waals surface area contributed by atoms with Gasteiger partial charge in [0.15, 0.2) is 0 Å². The van der Waals surface area contributed by atoms with Crippen LogP contribution in [0.5, 0.6) is 0 Å². The van der Waals surface area contributed by atoms with Crippen molar-refractivity contribution < 1.29 is 13.2 Å². The first-order chi connectivity index (χ1) is 6.99. The van der Waals surface area contributed by atoms with E-state index in [4.69, 9.17) is 4.74 Å². The van der Waals surface area contributed by atoms with Crippen molar-refractivity contribution in [3.63, 3.8) is 0 Å². The maximum absolute atomic E-state index is 10.7. The molecule has 0 radical (unpaired) electrons. The highest BCUT2D eigenvalue weighted by molar-refractivity contribution is 7.88. The van der Waals surface area contributed by atoms with E-state index in [1.54, 1.807) is 7.11 Å². The Morgan fingerprint density at radius 1 is 1.33 bits per heavy atom. The third kappa shape index (κ3) is 10.1. The summed E-state index contributed by atoms with van der Waals surface area (Å²) in [6.07, 6.45) is 2.96. The van der Waals surface area contributed by atoms with Crippen LogP contribution in [0.2, 0.25) is 0 Å². The van der Waals surface area contributed by atoms with E-state index in [9.17, 15) is 8.42 Å². The molecule has 0 spiro atoms. The highest BCUT2D eigenvalue weighted by Crippen LogP contribution is 1.91. The minimum atomic E-state index is -3.04. The SMILES string of the molecule is CCC(COC)NCCCNS(C)(=O)=O. The van der Waals surface area contributed by atoms with Crippen molar-refractivity contribution in [1.29, 1.82) is 0 Å². The van der Waals surface area contributed by atoms with Gasteiger partial charge in [0.25, 0.3) is 0 Å². The third-order valence-electron chi connectivity index (χ3n) is 2.01. The minimum Gasteiger partial charge on any atom is -0.383 e. The molecule has 0 saturated carbocycles. The molecule has 0 fully saturated rings. The highest BCUT2D eigenvalue weighted by Gasteiger charge is 2.04. The second kappa shape index (κ2) is 8.04. The van der Waals surface area contributed by atoms with E-state index in [0.717, 1.165) is 19.4 Å². The molecule has 6 heteroatoms. The lowest BCUT2D eigenvalue weighted by atomic mass is 10.2. The van der Waals surface area contributed by atoms with Gasteiger partial charge < -0.3 is 10.1 Å². The lowest BCUT2D eigenvalue weighted by Gasteiger charge is -2.15. The lowest BCUT2D eigenvalue weighted by Crippen LogP contribution is -2.35. The van der Waals surface area contributed by atoms with Gasteiger partial charge in [0.2, 0.25) is 10.0 Å². The van der Waals surface area contributed by atoms with Crippen molar-refractivity contribution in [2.45, 2.75) is 25.8 Å². The first-order valence-electron chi connectivity index (χ1n) is 5.16. The molecule has 0 aromatic heterocycles. The summed E-state index contributed by atoms with van der Waals surface area (Å²) in [7, 11) is -1.37. The molecular formula is C9H22N2O3S. The van der Waals surface area contributed by atoms with Crippen LogP contribution in [-0.4, -0.2) is 47.5 Å². The van der Waals surface area contributed by atoms with Gasteiger partial charge in [0.05, 0.1) is 12.9 Å². The quantitative estimate of drug-likeness (QED) is 0.552. The normalized spacial score (nSPS) is 14.1. The average molecular weight is 238 g/mol. The first-order valence-corrected chi connectivity index (χ1v) is 7.05. The molecule has 5 nitrogen and oxygen atoms in total. The minimum absolute atomic E-state index is 0.355. The number of nitrogens with one attached hydrogen (secondary N) is 2. The summed E-state index contributed by atoms with van der Waals surface area (Å²) in [6.45, 7) is 4.06. The van der Waals surface area contributed by atoms with Gasteiger partial charge >= 0.3 is 0 Å². The molecule has 0 aromatic rings. The smallest absolute Gasteiger partial charge is 0.208 e. The average Bonchev–Trinajstić information content (AvgIpc) is 2.14. The van der Waals surface area contributed by atoms with Gasteiger partial charge in [-0.25, -0.2) is 13.1 Å². The Labute approximate surface area is 92.6 Å². The van der Waals surface area contributed by atoms with Crippen LogP contribution in [0.15, 0.2) is 0 Å². The van der Waals surface area contributed by atoms with Crippen LogP contribution in [0, 0.1) is 0 Å². The molecule has 0 heterocycles. The van der Waals surface area contributed by atoms with E-state index in [2.05, 4.69) is 17.0 Å². The molecule has 0 aliphatic carbocycles. The predicted molar refractivity (Wildman–Crippen MR) is 61.4 cm³/mol. The molecule has 1 atom stereocenters. The molecule has 0 aliphatic heterocycles. The number of rotatable bonds is 9. The van der Waals surface area contributed by atoms with Crippen molar-refractivity contribution in [2.24, 2.45) is 0 Å². The van der Waals surface area contributed by atoms with Crippen LogP contribution in [0.4, 0.5) is 0 Å². The van der Waals surface area contributed by atoms with Gasteiger partial charge in [-0.15, -0.1) is 0 Å². The summed E-state index contributed by atoms with van der Waals surface area (Å²) in [4.78, 5) is 0. The highest BCUT2D eigenvalue weighted by atomic mass is 32.2. The zero-order valence-corrected chi connectivity index (χ0v) is 10.6. The predicted octanol–water partition coefficient (Wildman–Crippen LogP) is -0.0597. The maximum atomic E-state index is 10.7. The summed E-state index contributed by atoms with van der Waals surface area (Å²) in [6, 6.07) is 0.355. The second-order valence-corrected chi connectivity index (χ2v) is 5.37. The second-order valence-electron chi connectivity index (χ2n) is 3.53. The lowest BCUT2D eigenvalue weighted by molar-refractivity contribution is 0.164. The Bertz CT molecular complexity index is 242. The number of hydrogen-bond acceptors (Lipinski definition) is 4. The fraction of sp³-hybridized carbons (Fsp3) is 1.00. The largest absolute Gasteiger partial charge is 0.383 e. The molecule has 0 aliphatic rings. The van der Waals surface area contributed by atoms with E-state index in [1.807, 2.05) is 0 Å². The molecular weight excluding hydrogens is 216 g/mol. The van der Waals surface area contributed by atoms with E-state index < -0.39 is 10.0 Å². The van der Waals surface area contributed by atoms with Crippen LogP contribution >= 0.6 is 0 Å². The summed E-state index contributed by atoms with van der Waals surface area (Å²) >= 11 is 0. The van der Waals surface area contributed by atoms with Gasteiger partial charge in [-0.1, -0.05) is 6.92 Å². The number of ether oxygens (including phenoxy) is 1. The van der Waals surface area contributed by atoms with E-state index in [0.29, 0.717) is 19.2 Å². The molecule has 0 rings (SSSR count). The summed E-state index contributed by atoms with van der Waals surface area (Å²) in [5, 5.41) is 3.30. The zero-order chi connectivity index (χ0) is 11.7. The number of methoxy groups -OCH3 is 1. The Balaban J connectivity index is 3.44. The fourth-order valence-electron chi connectivity index (χ4n) is 1.17. The van der Waals surface area contributed by atoms with E-state index in [1.165, 1.54) is 6.26 Å². The summed E-state index contributed by atoms with van der Waals surface area (Å²) in [5.41, 5.74) is 0. The molecule has 0 saturated heterocycles. The Hall–Kier alpha value is -0.170. The first kappa shape index (κ1) is 14.8. The zero-order valence-electron chi connectivity index (χ0n) is 9.75. The van der Waals surface area contributed by atoms with Gasteiger partial charge in [-0.2, -0.15) is 0 Å². The molecule has 0 bridgehead atoms. The van der Waals surface area contributed by atoms with Crippen LogP contribution in [0.3, 0.4) is 0 Å². The number of sulfonamides is 1. The Morgan fingerprint density at radius 3 is 2.47 bits per heavy atom. The molecule has 15 heavy (non-hydrogen) atoms. The standard InChI is InChI=1S/C9H22N2O3S/c1-4-9(8-14-2)10-6-5-7-11-15(3,12)13/h9-11H,4-8H2,1-3H3. The van der Waals surface area contributed by atoms with Crippen LogP contribution < -0.4 is 10.0 Å². The van der Waals surface area contributed by atoms with E-state index in [-0.39, 0.29) is 0 Å². The monoisotopic (exact) mass is 238 g/mol. The summed E-state index contributed by atoms with van der Waals surface area (Å²) < 4.78 is 28.9. The Kier molecular flexibility index (Phi) is 7.95. The maximum Gasteiger partial charge on any atom is 0.208 e. The van der Waals surface area contributed by atoms with E-state index >= 15 is 0 Å². The molecule has 0 amide bonds. The van der Waals surface area contributed by atoms with Crippen LogP contribution in [-0.2, 0) is 14.8 Å². The molecule has 2 N–H and O–H groups in total. The van der Waals surface area contributed by atoms with Crippen molar-refractivity contribution in [3.8, 4) is 0 Å². The Morgan fingerprint density at radius 2 is 2.00 bits per heavy atom. The van der Waals surface area contributed by atoms with Crippen molar-refractivity contribution >= 4 is 10.0 Å². The van der Waals surface area contributed by atoms with Gasteiger partial charge in [0, 0.05) is 19.7 Å². The van der Waals surface area contributed by atoms with Crippen molar-refractivity contribution in [3.05, 3.63) is 0 Å². The van der Waals surface area contributed by atoms with Crippen LogP contribution in [0.25, 0.3) is 0 Å². The van der Waals surface area contributed by atoms with Crippen LogP contribution in [0.1, 0.15) is 19.8 Å². The summed E-state index contributed by atoms with van der Waals surface area (Å²) in [5.74, 6) is 0. The van der Waals surface area contributed by atoms with Crippen molar-refractivity contribution in [1.82, 2.24) is 10.0 Å².